The first-order valence-electron chi connectivity index (χ1n) is 11.1. The van der Waals surface area contributed by atoms with Crippen LogP contribution in [0.5, 0.6) is 0 Å². The lowest BCUT2D eigenvalue weighted by molar-refractivity contribution is -0.142. The van der Waals surface area contributed by atoms with Gasteiger partial charge in [-0.2, -0.15) is 0 Å². The predicted octanol–water partition coefficient (Wildman–Crippen LogP) is 3.23. The molecule has 0 bridgehead atoms. The molecule has 11 nitrogen and oxygen atoms in total. The molecule has 35 heavy (non-hydrogen) atoms. The minimum atomic E-state index is -1.21. The van der Waals surface area contributed by atoms with Gasteiger partial charge in [0, 0.05) is 12.2 Å². The van der Waals surface area contributed by atoms with Crippen molar-refractivity contribution >= 4 is 35.2 Å². The molecule has 0 heterocycles. The molecule has 0 aliphatic carbocycles. The number of nitrogens with one attached hydrogen (secondary N) is 3. The number of carbonyl (C=O) groups excluding carboxylic acids is 2. The Balaban J connectivity index is 2.21. The first-order valence-corrected chi connectivity index (χ1v) is 11.1. The molecule has 0 saturated heterocycles. The summed E-state index contributed by atoms with van der Waals surface area (Å²) in [5, 5.41) is 29.7. The quantitative estimate of drug-likeness (QED) is 0.151. The second kappa shape index (κ2) is 12.8. The zero-order valence-electron chi connectivity index (χ0n) is 20.0. The molecule has 0 aliphatic heterocycles. The van der Waals surface area contributed by atoms with Crippen molar-refractivity contribution in [2.24, 2.45) is 16.0 Å². The lowest BCUT2D eigenvalue weighted by atomic mass is 10.1. The molecule has 2 rings (SSSR count). The molecule has 0 aromatic heterocycles. The number of hydrogen-bond donors (Lipinski definition) is 5. The minimum absolute atomic E-state index is 0.111. The molecular formula is C24H31N7O4. The second-order valence-electron chi connectivity index (χ2n) is 7.97. The number of carboxylic acids is 1. The van der Waals surface area contributed by atoms with Crippen LogP contribution in [0.3, 0.4) is 0 Å². The van der Waals surface area contributed by atoms with Crippen molar-refractivity contribution in [1.82, 2.24) is 10.6 Å². The van der Waals surface area contributed by atoms with Crippen molar-refractivity contribution in [2.75, 3.05) is 11.4 Å². The minimum Gasteiger partial charge on any atom is -0.480 e. The van der Waals surface area contributed by atoms with Gasteiger partial charge >= 0.3 is 12.0 Å². The van der Waals surface area contributed by atoms with Crippen LogP contribution in [0.1, 0.15) is 30.9 Å². The van der Waals surface area contributed by atoms with Crippen LogP contribution >= 0.6 is 0 Å². The molecule has 0 fully saturated rings. The Morgan fingerprint density at radius 2 is 1.80 bits per heavy atom. The van der Waals surface area contributed by atoms with E-state index in [1.807, 2.05) is 26.0 Å². The summed E-state index contributed by atoms with van der Waals surface area (Å²) in [6.45, 7) is 5.58. The van der Waals surface area contributed by atoms with Crippen molar-refractivity contribution < 1.29 is 19.5 Å². The van der Waals surface area contributed by atoms with Crippen molar-refractivity contribution in [1.29, 1.82) is 5.41 Å². The van der Waals surface area contributed by atoms with E-state index < -0.39 is 30.0 Å². The average molecular weight is 482 g/mol. The number of hydrogen-bond acceptors (Lipinski definition) is 5. The molecule has 0 saturated carbocycles. The maximum absolute atomic E-state index is 13.1. The SMILES string of the molecule is Cc1cccc(/N=N/C(=O)N(c2ccccc2)C(C)C(=O)NC(CCCNC(=N)N)C(=O)O)c1C. The summed E-state index contributed by atoms with van der Waals surface area (Å²) < 4.78 is 0. The number of benzene rings is 2. The van der Waals surface area contributed by atoms with E-state index in [2.05, 4.69) is 20.9 Å². The van der Waals surface area contributed by atoms with Crippen molar-refractivity contribution in [3.8, 4) is 0 Å². The van der Waals surface area contributed by atoms with Crippen LogP contribution in [0.15, 0.2) is 58.8 Å². The first-order chi connectivity index (χ1) is 16.6. The molecule has 2 aromatic rings. The number of rotatable bonds is 10. The third-order valence-corrected chi connectivity index (χ3v) is 5.43. The first kappa shape index (κ1) is 27.0. The standard InChI is InChI=1S/C24H31N7O4/c1-15-9-7-12-19(16(15)2)29-30-24(35)31(18-10-5-4-6-11-18)17(3)21(32)28-20(22(33)34)13-8-14-27-23(25)26/h4-7,9-12,17,20H,8,13-14H2,1-3H3,(H,28,32)(H,33,34)(H4,25,26,27)/b30-29+. The van der Waals surface area contributed by atoms with E-state index in [0.29, 0.717) is 17.8 Å². The van der Waals surface area contributed by atoms with E-state index >= 15 is 0 Å². The molecule has 2 unspecified atom stereocenters. The van der Waals surface area contributed by atoms with Gasteiger partial charge in [-0.25, -0.2) is 9.59 Å². The summed E-state index contributed by atoms with van der Waals surface area (Å²) in [4.78, 5) is 38.9. The molecule has 11 heteroatoms. The zero-order valence-corrected chi connectivity index (χ0v) is 20.0. The highest BCUT2D eigenvalue weighted by Crippen LogP contribution is 2.23. The topological polar surface area (TPSA) is 173 Å². The van der Waals surface area contributed by atoms with E-state index in [0.717, 1.165) is 11.1 Å². The third-order valence-electron chi connectivity index (χ3n) is 5.43. The van der Waals surface area contributed by atoms with Crippen LogP contribution in [-0.2, 0) is 9.59 Å². The molecule has 2 atom stereocenters. The number of carbonyl (C=O) groups is 3. The maximum Gasteiger partial charge on any atom is 0.367 e. The van der Waals surface area contributed by atoms with Crippen molar-refractivity contribution in [3.63, 3.8) is 0 Å². The van der Waals surface area contributed by atoms with Gasteiger partial charge in [0.1, 0.15) is 12.1 Å². The van der Waals surface area contributed by atoms with Gasteiger partial charge in [0.25, 0.3) is 0 Å². The van der Waals surface area contributed by atoms with Gasteiger partial charge in [-0.1, -0.05) is 35.4 Å². The Hall–Kier alpha value is -4.28. The fourth-order valence-corrected chi connectivity index (χ4v) is 3.27. The van der Waals surface area contributed by atoms with Gasteiger partial charge in [-0.05, 0) is 62.9 Å². The number of carboxylic acid groups (broad SMARTS) is 1. The Bertz CT molecular complexity index is 1090. The number of urea groups is 1. The summed E-state index contributed by atoms with van der Waals surface area (Å²) >= 11 is 0. The van der Waals surface area contributed by atoms with E-state index in [1.165, 1.54) is 11.8 Å². The molecule has 6 N–H and O–H groups in total. The highest BCUT2D eigenvalue weighted by Gasteiger charge is 2.30. The lowest BCUT2D eigenvalue weighted by Gasteiger charge is -2.27. The van der Waals surface area contributed by atoms with Gasteiger partial charge < -0.3 is 21.5 Å². The van der Waals surface area contributed by atoms with Crippen LogP contribution in [0.2, 0.25) is 0 Å². The highest BCUT2D eigenvalue weighted by molar-refractivity contribution is 6.00. The number of aliphatic carboxylic acids is 1. The Kier molecular flexibility index (Phi) is 9.88. The van der Waals surface area contributed by atoms with E-state index in [4.69, 9.17) is 11.1 Å². The molecule has 186 valence electrons. The average Bonchev–Trinajstić information content (AvgIpc) is 2.82. The number of nitrogens with two attached hydrogens (primary N) is 1. The van der Waals surface area contributed by atoms with Crippen LogP contribution in [0.25, 0.3) is 0 Å². The Morgan fingerprint density at radius 3 is 2.43 bits per heavy atom. The third kappa shape index (κ3) is 7.91. The number of anilines is 1. The molecule has 0 aliphatic rings. The number of nitrogens with zero attached hydrogens (tertiary/aromatic N) is 3. The van der Waals surface area contributed by atoms with Gasteiger partial charge in [-0.3, -0.25) is 15.1 Å². The lowest BCUT2D eigenvalue weighted by Crippen LogP contribution is -2.52. The normalized spacial score (nSPS) is 12.5. The van der Waals surface area contributed by atoms with E-state index in [-0.39, 0.29) is 18.9 Å². The van der Waals surface area contributed by atoms with Crippen LogP contribution < -0.4 is 21.3 Å². The van der Waals surface area contributed by atoms with Crippen LogP contribution in [0.4, 0.5) is 16.2 Å². The molecule has 0 radical (unpaired) electrons. The summed E-state index contributed by atoms with van der Waals surface area (Å²) in [6, 6.07) is 10.9. The molecular weight excluding hydrogens is 450 g/mol. The van der Waals surface area contributed by atoms with Gasteiger partial charge in [0.15, 0.2) is 5.96 Å². The van der Waals surface area contributed by atoms with Gasteiger partial charge in [0.05, 0.1) is 5.69 Å². The fourth-order valence-electron chi connectivity index (χ4n) is 3.27. The summed E-state index contributed by atoms with van der Waals surface area (Å²) in [5.41, 5.74) is 8.05. The van der Waals surface area contributed by atoms with Crippen molar-refractivity contribution in [3.05, 3.63) is 59.7 Å². The maximum atomic E-state index is 13.1. The number of amides is 3. The summed E-state index contributed by atoms with van der Waals surface area (Å²) in [6.07, 6.45) is 0.469. The molecule has 0 spiro atoms. The predicted molar refractivity (Wildman–Crippen MR) is 133 cm³/mol. The van der Waals surface area contributed by atoms with E-state index in [9.17, 15) is 19.5 Å². The van der Waals surface area contributed by atoms with Crippen molar-refractivity contribution in [2.45, 2.75) is 45.7 Å². The Labute approximate surface area is 203 Å². The second-order valence-corrected chi connectivity index (χ2v) is 7.97. The van der Waals surface area contributed by atoms with Gasteiger partial charge in [0.2, 0.25) is 5.91 Å². The van der Waals surface area contributed by atoms with E-state index in [1.54, 1.807) is 36.4 Å². The largest absolute Gasteiger partial charge is 0.480 e. The monoisotopic (exact) mass is 481 g/mol. The number of para-hydroxylation sites is 1. The number of azo groups is 1. The smallest absolute Gasteiger partial charge is 0.367 e. The number of guanidine groups is 1. The Morgan fingerprint density at radius 1 is 1.11 bits per heavy atom. The summed E-state index contributed by atoms with van der Waals surface area (Å²) in [5.74, 6) is -2.08. The summed E-state index contributed by atoms with van der Waals surface area (Å²) in [7, 11) is 0. The number of aryl methyl sites for hydroxylation is 1. The highest BCUT2D eigenvalue weighted by atomic mass is 16.4. The molecule has 3 amide bonds. The van der Waals surface area contributed by atoms with Gasteiger partial charge in [-0.15, -0.1) is 5.11 Å². The zero-order chi connectivity index (χ0) is 26.0. The van der Waals surface area contributed by atoms with Crippen LogP contribution in [-0.4, -0.2) is 47.6 Å². The van der Waals surface area contributed by atoms with Crippen LogP contribution in [0, 0.1) is 19.3 Å². The molecule has 2 aromatic carbocycles. The fraction of sp³-hybridized carbons (Fsp3) is 0.333.